The summed E-state index contributed by atoms with van der Waals surface area (Å²) >= 11 is 5.78. The maximum Gasteiger partial charge on any atom is 0.277 e. The van der Waals surface area contributed by atoms with Gasteiger partial charge in [-0.25, -0.2) is 5.43 Å². The average Bonchev–Trinajstić information content (AvgIpc) is 2.52. The monoisotopic (exact) mass is 323 g/mol. The number of likely N-dealkylation sites (tertiary alicyclic amines) is 1. The van der Waals surface area contributed by atoms with Crippen LogP contribution in [0.3, 0.4) is 0 Å². The fourth-order valence-electron chi connectivity index (χ4n) is 2.26. The number of carbonyl (C=O) groups is 1. The third-order valence-corrected chi connectivity index (χ3v) is 3.88. The van der Waals surface area contributed by atoms with Gasteiger partial charge in [0, 0.05) is 42.7 Å². The number of hydrogen-bond acceptors (Lipinski definition) is 4. The van der Waals surface area contributed by atoms with Crippen molar-refractivity contribution in [1.82, 2.24) is 10.3 Å². The van der Waals surface area contributed by atoms with E-state index < -0.39 is 0 Å². The first-order valence-electron chi connectivity index (χ1n) is 7.51. The van der Waals surface area contributed by atoms with Gasteiger partial charge >= 0.3 is 0 Å². The lowest BCUT2D eigenvalue weighted by atomic mass is 10.1. The smallest absolute Gasteiger partial charge is 0.277 e. The fourth-order valence-corrected chi connectivity index (χ4v) is 2.39. The van der Waals surface area contributed by atoms with E-state index in [-0.39, 0.29) is 12.5 Å². The number of halogens is 1. The van der Waals surface area contributed by atoms with Gasteiger partial charge in [-0.15, -0.1) is 0 Å². The maximum atomic E-state index is 11.7. The summed E-state index contributed by atoms with van der Waals surface area (Å²) in [6.07, 6.45) is 1.80. The van der Waals surface area contributed by atoms with Crippen molar-refractivity contribution < 1.29 is 9.53 Å². The molecular weight excluding hydrogens is 302 g/mol. The third kappa shape index (κ3) is 5.31. The number of rotatable bonds is 5. The van der Waals surface area contributed by atoms with Crippen LogP contribution in [0.15, 0.2) is 29.4 Å². The molecule has 1 aliphatic heterocycles. The highest BCUT2D eigenvalue weighted by Gasteiger charge is 2.17. The molecular formula is C16H22ClN3O2. The minimum absolute atomic E-state index is 0.0590. The number of ether oxygens (including phenoxy) is 1. The molecule has 1 aromatic rings. The van der Waals surface area contributed by atoms with Crippen molar-refractivity contribution in [2.24, 2.45) is 5.10 Å². The largest absolute Gasteiger partial charge is 0.484 e. The van der Waals surface area contributed by atoms with E-state index >= 15 is 0 Å². The van der Waals surface area contributed by atoms with Gasteiger partial charge in [0.1, 0.15) is 5.75 Å². The molecule has 1 saturated heterocycles. The predicted molar refractivity (Wildman–Crippen MR) is 88.5 cm³/mol. The summed E-state index contributed by atoms with van der Waals surface area (Å²) in [6.45, 7) is 6.31. The average molecular weight is 324 g/mol. The van der Waals surface area contributed by atoms with E-state index in [2.05, 4.69) is 29.3 Å². The van der Waals surface area contributed by atoms with Gasteiger partial charge in [-0.1, -0.05) is 11.6 Å². The molecule has 0 spiro atoms. The van der Waals surface area contributed by atoms with E-state index in [4.69, 9.17) is 16.3 Å². The SMILES string of the molecule is CC(C)N1CCC(=NNC(=O)COc2ccc(Cl)cc2)CC1. The zero-order chi connectivity index (χ0) is 15.9. The Labute approximate surface area is 136 Å². The number of benzene rings is 1. The zero-order valence-corrected chi connectivity index (χ0v) is 13.8. The van der Waals surface area contributed by atoms with Crippen molar-refractivity contribution >= 4 is 23.2 Å². The standard InChI is InChI=1S/C16H22ClN3O2/c1-12(2)20-9-7-14(8-10-20)18-19-16(21)11-22-15-5-3-13(17)4-6-15/h3-6,12H,7-11H2,1-2H3,(H,19,21). The van der Waals surface area contributed by atoms with Gasteiger partial charge in [0.25, 0.3) is 5.91 Å². The third-order valence-electron chi connectivity index (χ3n) is 3.63. The second kappa shape index (κ2) is 8.15. The van der Waals surface area contributed by atoms with Crippen LogP contribution in [-0.2, 0) is 4.79 Å². The van der Waals surface area contributed by atoms with E-state index in [0.29, 0.717) is 16.8 Å². The van der Waals surface area contributed by atoms with Gasteiger partial charge in [0.2, 0.25) is 0 Å². The first kappa shape index (κ1) is 16.8. The highest BCUT2D eigenvalue weighted by Crippen LogP contribution is 2.15. The lowest BCUT2D eigenvalue weighted by Crippen LogP contribution is -2.39. The molecule has 0 unspecified atom stereocenters. The highest BCUT2D eigenvalue weighted by atomic mass is 35.5. The zero-order valence-electron chi connectivity index (χ0n) is 13.0. The quantitative estimate of drug-likeness (QED) is 0.848. The van der Waals surface area contributed by atoms with E-state index in [9.17, 15) is 4.79 Å². The Morgan fingerprint density at radius 1 is 1.32 bits per heavy atom. The lowest BCUT2D eigenvalue weighted by Gasteiger charge is -2.30. The van der Waals surface area contributed by atoms with Crippen LogP contribution in [0, 0.1) is 0 Å². The van der Waals surface area contributed by atoms with E-state index in [1.165, 1.54) is 0 Å². The van der Waals surface area contributed by atoms with Gasteiger partial charge < -0.3 is 9.64 Å². The molecule has 0 aliphatic carbocycles. The Hall–Kier alpha value is -1.59. The molecule has 1 aliphatic rings. The summed E-state index contributed by atoms with van der Waals surface area (Å²) in [5.74, 6) is 0.353. The number of amides is 1. The predicted octanol–water partition coefficient (Wildman–Crippen LogP) is 2.70. The Kier molecular flexibility index (Phi) is 6.21. The van der Waals surface area contributed by atoms with E-state index in [0.717, 1.165) is 31.6 Å². The number of hydrazone groups is 1. The van der Waals surface area contributed by atoms with Gasteiger partial charge in [0.15, 0.2) is 6.61 Å². The van der Waals surface area contributed by atoms with Crippen LogP contribution in [0.25, 0.3) is 0 Å². The van der Waals surface area contributed by atoms with Gasteiger partial charge in [-0.05, 0) is 38.1 Å². The minimum Gasteiger partial charge on any atom is -0.484 e. The van der Waals surface area contributed by atoms with Crippen LogP contribution in [0.4, 0.5) is 0 Å². The van der Waals surface area contributed by atoms with Crippen molar-refractivity contribution in [3.8, 4) is 5.75 Å². The molecule has 1 N–H and O–H groups in total. The van der Waals surface area contributed by atoms with Crippen molar-refractivity contribution in [2.45, 2.75) is 32.7 Å². The van der Waals surface area contributed by atoms with Crippen LogP contribution < -0.4 is 10.2 Å². The van der Waals surface area contributed by atoms with Gasteiger partial charge in [-0.3, -0.25) is 4.79 Å². The van der Waals surface area contributed by atoms with E-state index in [1.54, 1.807) is 24.3 Å². The molecule has 0 bridgehead atoms. The Bertz CT molecular complexity index is 519. The summed E-state index contributed by atoms with van der Waals surface area (Å²) in [4.78, 5) is 14.1. The van der Waals surface area contributed by atoms with Crippen LogP contribution >= 0.6 is 11.6 Å². The van der Waals surface area contributed by atoms with Crippen LogP contribution in [0.5, 0.6) is 5.75 Å². The molecule has 0 atom stereocenters. The molecule has 1 amide bonds. The normalized spacial score (nSPS) is 15.7. The number of nitrogens with one attached hydrogen (secondary N) is 1. The number of carbonyl (C=O) groups excluding carboxylic acids is 1. The fraction of sp³-hybridized carbons (Fsp3) is 0.500. The number of piperidine rings is 1. The Morgan fingerprint density at radius 2 is 1.95 bits per heavy atom. The topological polar surface area (TPSA) is 53.9 Å². The Balaban J connectivity index is 1.71. The van der Waals surface area contributed by atoms with Crippen molar-refractivity contribution in [3.63, 3.8) is 0 Å². The minimum atomic E-state index is -0.256. The van der Waals surface area contributed by atoms with Crippen molar-refractivity contribution in [2.75, 3.05) is 19.7 Å². The van der Waals surface area contributed by atoms with Crippen molar-refractivity contribution in [1.29, 1.82) is 0 Å². The molecule has 0 radical (unpaired) electrons. The molecule has 1 fully saturated rings. The maximum absolute atomic E-state index is 11.7. The molecule has 1 heterocycles. The second-order valence-corrected chi connectivity index (χ2v) is 6.02. The second-order valence-electron chi connectivity index (χ2n) is 5.59. The lowest BCUT2D eigenvalue weighted by molar-refractivity contribution is -0.123. The molecule has 120 valence electrons. The Morgan fingerprint density at radius 3 is 2.55 bits per heavy atom. The molecule has 2 rings (SSSR count). The first-order chi connectivity index (χ1) is 10.5. The molecule has 0 saturated carbocycles. The molecule has 22 heavy (non-hydrogen) atoms. The van der Waals surface area contributed by atoms with Gasteiger partial charge in [-0.2, -0.15) is 5.10 Å². The molecule has 6 heteroatoms. The number of nitrogens with zero attached hydrogens (tertiary/aromatic N) is 2. The van der Waals surface area contributed by atoms with Crippen LogP contribution in [0.1, 0.15) is 26.7 Å². The summed E-state index contributed by atoms with van der Waals surface area (Å²) < 4.78 is 5.36. The van der Waals surface area contributed by atoms with Gasteiger partial charge in [0.05, 0.1) is 0 Å². The summed E-state index contributed by atoms with van der Waals surface area (Å²) in [6, 6.07) is 7.45. The van der Waals surface area contributed by atoms with Crippen molar-refractivity contribution in [3.05, 3.63) is 29.3 Å². The summed E-state index contributed by atoms with van der Waals surface area (Å²) in [5.41, 5.74) is 3.60. The molecule has 5 nitrogen and oxygen atoms in total. The number of hydrogen-bond donors (Lipinski definition) is 1. The summed E-state index contributed by atoms with van der Waals surface area (Å²) in [5, 5.41) is 4.83. The molecule has 1 aromatic carbocycles. The van der Waals surface area contributed by atoms with Crippen LogP contribution in [-0.4, -0.2) is 42.3 Å². The highest BCUT2D eigenvalue weighted by molar-refractivity contribution is 6.30. The summed E-state index contributed by atoms with van der Waals surface area (Å²) in [7, 11) is 0. The van der Waals surface area contributed by atoms with Crippen LogP contribution in [0.2, 0.25) is 5.02 Å². The van der Waals surface area contributed by atoms with E-state index in [1.807, 2.05) is 0 Å². The first-order valence-corrected chi connectivity index (χ1v) is 7.89. The molecule has 0 aromatic heterocycles.